The van der Waals surface area contributed by atoms with Crippen molar-refractivity contribution in [2.75, 3.05) is 39.3 Å². The van der Waals surface area contributed by atoms with Gasteiger partial charge in [-0.2, -0.15) is 0 Å². The van der Waals surface area contributed by atoms with Crippen LogP contribution in [-0.2, 0) is 4.79 Å². The maximum Gasteiger partial charge on any atom is 0.257 e. The number of amides is 2. The van der Waals surface area contributed by atoms with Crippen LogP contribution in [0.1, 0.15) is 43.0 Å². The maximum atomic E-state index is 12.4. The second-order valence-electron chi connectivity index (χ2n) is 7.42. The summed E-state index contributed by atoms with van der Waals surface area (Å²) < 4.78 is 4.97. The first kappa shape index (κ1) is 18.0. The van der Waals surface area contributed by atoms with Crippen LogP contribution < -0.4 is 5.32 Å². The summed E-state index contributed by atoms with van der Waals surface area (Å²) in [5, 5.41) is 3.09. The number of hydrogen-bond acceptors (Lipinski definition) is 4. The van der Waals surface area contributed by atoms with Crippen LogP contribution in [0.2, 0.25) is 0 Å². The quantitative estimate of drug-likeness (QED) is 0.884. The first-order valence-electron chi connectivity index (χ1n) is 9.45. The number of nitrogens with one attached hydrogen (secondary N) is 1. The van der Waals surface area contributed by atoms with E-state index in [0.717, 1.165) is 44.9 Å². The fraction of sp³-hybridized carbons (Fsp3) is 0.684. The fourth-order valence-electron chi connectivity index (χ4n) is 3.88. The number of carbonyl (C=O) groups is 2. The van der Waals surface area contributed by atoms with Gasteiger partial charge < -0.3 is 19.5 Å². The van der Waals surface area contributed by atoms with E-state index in [9.17, 15) is 9.59 Å². The number of likely N-dealkylation sites (tertiary alicyclic amines) is 2. The lowest BCUT2D eigenvalue weighted by Gasteiger charge is -2.32. The molecule has 1 atom stereocenters. The lowest BCUT2D eigenvalue weighted by Crippen LogP contribution is -2.45. The molecule has 2 saturated heterocycles. The average Bonchev–Trinajstić information content (AvgIpc) is 3.16. The van der Waals surface area contributed by atoms with E-state index in [1.165, 1.54) is 25.4 Å². The summed E-state index contributed by atoms with van der Waals surface area (Å²) in [6, 6.07) is 1.68. The minimum atomic E-state index is -0.00757. The molecule has 1 N–H and O–H groups in total. The van der Waals surface area contributed by atoms with Crippen molar-refractivity contribution in [3.8, 4) is 0 Å². The summed E-state index contributed by atoms with van der Waals surface area (Å²) in [6.45, 7) is 7.51. The van der Waals surface area contributed by atoms with Crippen LogP contribution in [0.3, 0.4) is 0 Å². The van der Waals surface area contributed by atoms with Crippen molar-refractivity contribution in [2.45, 2.75) is 32.6 Å². The van der Waals surface area contributed by atoms with Crippen LogP contribution in [0.5, 0.6) is 0 Å². The van der Waals surface area contributed by atoms with Crippen LogP contribution in [0.4, 0.5) is 0 Å². The van der Waals surface area contributed by atoms with Gasteiger partial charge >= 0.3 is 0 Å². The van der Waals surface area contributed by atoms with E-state index in [1.807, 2.05) is 4.90 Å². The van der Waals surface area contributed by atoms with Crippen molar-refractivity contribution in [3.05, 3.63) is 24.2 Å². The predicted octanol–water partition coefficient (Wildman–Crippen LogP) is 1.98. The molecule has 0 bridgehead atoms. The molecule has 2 aliphatic rings. The Morgan fingerprint density at radius 1 is 1.24 bits per heavy atom. The van der Waals surface area contributed by atoms with Crippen molar-refractivity contribution in [1.29, 1.82) is 0 Å². The third kappa shape index (κ3) is 4.84. The summed E-state index contributed by atoms with van der Waals surface area (Å²) in [6.07, 6.45) is 7.03. The zero-order valence-electron chi connectivity index (χ0n) is 15.1. The minimum Gasteiger partial charge on any atom is -0.472 e. The molecule has 6 nitrogen and oxygen atoms in total. The van der Waals surface area contributed by atoms with E-state index >= 15 is 0 Å². The predicted molar refractivity (Wildman–Crippen MR) is 95.2 cm³/mol. The summed E-state index contributed by atoms with van der Waals surface area (Å²) in [5.74, 6) is 0.919. The average molecular weight is 347 g/mol. The Balaban J connectivity index is 1.36. The standard InChI is InChI=1S/C19H29N3O3/c1-15-3-2-8-21(13-15)11-7-20-18(23)16-4-9-22(10-5-16)19(24)17-6-12-25-14-17/h6,12,14-16H,2-5,7-11,13H2,1H3,(H,20,23)/t15-/m1/s1. The van der Waals surface area contributed by atoms with Gasteiger partial charge in [-0.3, -0.25) is 9.59 Å². The number of furan rings is 1. The number of nitrogens with zero attached hydrogens (tertiary/aromatic N) is 2. The molecule has 2 amide bonds. The SMILES string of the molecule is C[C@@H]1CCCN(CCNC(=O)C2CCN(C(=O)c3ccoc3)CC2)C1. The molecule has 0 radical (unpaired) electrons. The number of hydrogen-bond donors (Lipinski definition) is 1. The second kappa shape index (κ2) is 8.52. The molecule has 0 spiro atoms. The van der Waals surface area contributed by atoms with Crippen molar-refractivity contribution in [2.24, 2.45) is 11.8 Å². The van der Waals surface area contributed by atoms with Crippen molar-refractivity contribution in [3.63, 3.8) is 0 Å². The van der Waals surface area contributed by atoms with Gasteiger partial charge in [0, 0.05) is 38.6 Å². The topological polar surface area (TPSA) is 65.8 Å². The molecule has 0 aromatic carbocycles. The molecule has 6 heteroatoms. The Morgan fingerprint density at radius 3 is 2.72 bits per heavy atom. The van der Waals surface area contributed by atoms with Gasteiger partial charge in [0.15, 0.2) is 0 Å². The van der Waals surface area contributed by atoms with E-state index in [0.29, 0.717) is 18.7 Å². The Labute approximate surface area is 149 Å². The molecule has 0 unspecified atom stereocenters. The molecule has 2 aliphatic heterocycles. The summed E-state index contributed by atoms with van der Waals surface area (Å²) in [5.41, 5.74) is 0.582. The molecule has 1 aromatic heterocycles. The first-order valence-corrected chi connectivity index (χ1v) is 9.45. The van der Waals surface area contributed by atoms with Gasteiger partial charge in [0.2, 0.25) is 5.91 Å². The lowest BCUT2D eigenvalue weighted by atomic mass is 9.95. The van der Waals surface area contributed by atoms with Gasteiger partial charge in [0.05, 0.1) is 11.8 Å². The normalized spacial score (nSPS) is 22.8. The van der Waals surface area contributed by atoms with Crippen LogP contribution >= 0.6 is 0 Å². The van der Waals surface area contributed by atoms with Gasteiger partial charge in [-0.25, -0.2) is 0 Å². The highest BCUT2D eigenvalue weighted by molar-refractivity contribution is 5.94. The molecule has 2 fully saturated rings. The van der Waals surface area contributed by atoms with Crippen LogP contribution in [0.25, 0.3) is 0 Å². The Hall–Kier alpha value is -1.82. The number of piperidine rings is 2. The van der Waals surface area contributed by atoms with Crippen LogP contribution in [0, 0.1) is 11.8 Å². The Bertz CT molecular complexity index is 564. The van der Waals surface area contributed by atoms with Gasteiger partial charge in [-0.05, 0) is 44.2 Å². The van der Waals surface area contributed by atoms with Crippen LogP contribution in [-0.4, -0.2) is 60.9 Å². The maximum absolute atomic E-state index is 12.4. The molecule has 138 valence electrons. The molecule has 0 saturated carbocycles. The summed E-state index contributed by atoms with van der Waals surface area (Å²) in [4.78, 5) is 28.9. The van der Waals surface area contributed by atoms with Crippen LogP contribution in [0.15, 0.2) is 23.0 Å². The molecule has 25 heavy (non-hydrogen) atoms. The Kier molecular flexibility index (Phi) is 6.13. The molecule has 0 aliphatic carbocycles. The largest absolute Gasteiger partial charge is 0.472 e. The van der Waals surface area contributed by atoms with Gasteiger partial charge in [-0.1, -0.05) is 6.92 Å². The molecular weight excluding hydrogens is 318 g/mol. The minimum absolute atomic E-state index is 0.00757. The fourth-order valence-corrected chi connectivity index (χ4v) is 3.88. The van der Waals surface area contributed by atoms with Gasteiger partial charge in [-0.15, -0.1) is 0 Å². The number of rotatable bonds is 5. The van der Waals surface area contributed by atoms with E-state index < -0.39 is 0 Å². The lowest BCUT2D eigenvalue weighted by molar-refractivity contribution is -0.126. The number of carbonyl (C=O) groups excluding carboxylic acids is 2. The molecule has 3 heterocycles. The highest BCUT2D eigenvalue weighted by Gasteiger charge is 2.28. The molecular formula is C19H29N3O3. The van der Waals surface area contributed by atoms with Gasteiger partial charge in [0.25, 0.3) is 5.91 Å². The third-order valence-electron chi connectivity index (χ3n) is 5.39. The first-order chi connectivity index (χ1) is 12.1. The van der Waals surface area contributed by atoms with E-state index in [1.54, 1.807) is 6.07 Å². The molecule has 1 aromatic rings. The zero-order chi connectivity index (χ0) is 17.6. The monoisotopic (exact) mass is 347 g/mol. The summed E-state index contributed by atoms with van der Waals surface area (Å²) >= 11 is 0. The highest BCUT2D eigenvalue weighted by Crippen LogP contribution is 2.19. The second-order valence-corrected chi connectivity index (χ2v) is 7.42. The third-order valence-corrected chi connectivity index (χ3v) is 5.39. The van der Waals surface area contributed by atoms with Crippen molar-refractivity contribution < 1.29 is 14.0 Å². The molecule has 3 rings (SSSR count). The van der Waals surface area contributed by atoms with E-state index in [4.69, 9.17) is 4.42 Å². The van der Waals surface area contributed by atoms with Gasteiger partial charge in [0.1, 0.15) is 6.26 Å². The smallest absolute Gasteiger partial charge is 0.257 e. The highest BCUT2D eigenvalue weighted by atomic mass is 16.3. The Morgan fingerprint density at radius 2 is 2.04 bits per heavy atom. The van der Waals surface area contributed by atoms with E-state index in [2.05, 4.69) is 17.1 Å². The van der Waals surface area contributed by atoms with Crippen molar-refractivity contribution in [1.82, 2.24) is 15.1 Å². The van der Waals surface area contributed by atoms with Crippen molar-refractivity contribution >= 4 is 11.8 Å². The summed E-state index contributed by atoms with van der Waals surface area (Å²) in [7, 11) is 0. The van der Waals surface area contributed by atoms with E-state index in [-0.39, 0.29) is 17.7 Å². The zero-order valence-corrected chi connectivity index (χ0v) is 15.1.